The summed E-state index contributed by atoms with van der Waals surface area (Å²) in [6.45, 7) is 3.91. The van der Waals surface area contributed by atoms with E-state index in [0.717, 1.165) is 6.42 Å². The van der Waals surface area contributed by atoms with Crippen molar-refractivity contribution in [2.75, 3.05) is 0 Å². The smallest absolute Gasteiger partial charge is 0.0690 e. The van der Waals surface area contributed by atoms with E-state index in [0.29, 0.717) is 0 Å². The van der Waals surface area contributed by atoms with Crippen molar-refractivity contribution in [3.05, 3.63) is 0 Å². The minimum atomic E-state index is -0.215. The van der Waals surface area contributed by atoms with E-state index in [1.807, 2.05) is 13.8 Å². The average Bonchev–Trinajstić information content (AvgIpc) is 1.84. The Morgan fingerprint density at radius 1 is 1.75 bits per heavy atom. The van der Waals surface area contributed by atoms with Gasteiger partial charge in [0.2, 0.25) is 0 Å². The Hall–Kier alpha value is 0.350. The lowest BCUT2D eigenvalue weighted by atomic mass is 10.1. The highest BCUT2D eigenvalue weighted by Gasteiger charge is 2.07. The second-order valence-electron chi connectivity index (χ2n) is 1.93. The molecule has 0 aromatic heterocycles. The summed E-state index contributed by atoms with van der Waals surface area (Å²) in [4.78, 5) is 0. The van der Waals surface area contributed by atoms with E-state index in [9.17, 15) is 0 Å². The van der Waals surface area contributed by atoms with Crippen molar-refractivity contribution in [3.63, 3.8) is 0 Å². The standard InChI is InChI=1S/C5H14NOP/c1-3-5(7)4(2)6-8/h4-7H,3,8H2,1-2H3. The normalized spacial score (nSPS) is 18.0. The van der Waals surface area contributed by atoms with Gasteiger partial charge in [-0.15, -0.1) is 0 Å². The highest BCUT2D eigenvalue weighted by atomic mass is 31.0. The number of aliphatic hydroxyl groups excluding tert-OH is 1. The van der Waals surface area contributed by atoms with E-state index in [1.165, 1.54) is 0 Å². The molecule has 0 radical (unpaired) electrons. The maximum absolute atomic E-state index is 9.05. The van der Waals surface area contributed by atoms with Crippen molar-refractivity contribution in [1.82, 2.24) is 5.09 Å². The number of aliphatic hydroxyl groups is 1. The Morgan fingerprint density at radius 3 is 2.38 bits per heavy atom. The van der Waals surface area contributed by atoms with Crippen LogP contribution >= 0.6 is 9.39 Å². The summed E-state index contributed by atoms with van der Waals surface area (Å²) < 4.78 is 0. The minimum Gasteiger partial charge on any atom is -0.392 e. The van der Waals surface area contributed by atoms with Crippen LogP contribution in [0.3, 0.4) is 0 Å². The van der Waals surface area contributed by atoms with Gasteiger partial charge in [0.25, 0.3) is 0 Å². The van der Waals surface area contributed by atoms with Crippen molar-refractivity contribution in [3.8, 4) is 0 Å². The van der Waals surface area contributed by atoms with E-state index < -0.39 is 0 Å². The lowest BCUT2D eigenvalue weighted by Crippen LogP contribution is -2.30. The van der Waals surface area contributed by atoms with Gasteiger partial charge in [-0.1, -0.05) is 16.3 Å². The first-order valence-electron chi connectivity index (χ1n) is 2.86. The third-order valence-corrected chi connectivity index (χ3v) is 1.78. The SMILES string of the molecule is CCC(O)C(C)NP. The van der Waals surface area contributed by atoms with E-state index in [1.54, 1.807) is 0 Å². The molecule has 3 heteroatoms. The number of hydrogen-bond acceptors (Lipinski definition) is 2. The van der Waals surface area contributed by atoms with Gasteiger partial charge in [0, 0.05) is 6.04 Å². The maximum Gasteiger partial charge on any atom is 0.0690 e. The van der Waals surface area contributed by atoms with Crippen LogP contribution in [0, 0.1) is 0 Å². The fraction of sp³-hybridized carbons (Fsp3) is 1.00. The van der Waals surface area contributed by atoms with Gasteiger partial charge in [-0.25, -0.2) is 0 Å². The first kappa shape index (κ1) is 8.35. The molecule has 0 heterocycles. The van der Waals surface area contributed by atoms with Gasteiger partial charge in [-0.05, 0) is 13.3 Å². The molecule has 0 fully saturated rings. The third-order valence-electron chi connectivity index (χ3n) is 1.26. The number of hydrogen-bond donors (Lipinski definition) is 2. The van der Waals surface area contributed by atoms with Gasteiger partial charge in [0.1, 0.15) is 0 Å². The van der Waals surface area contributed by atoms with Crippen LogP contribution in [0.2, 0.25) is 0 Å². The molecule has 8 heavy (non-hydrogen) atoms. The van der Waals surface area contributed by atoms with Crippen LogP contribution in [0.1, 0.15) is 20.3 Å². The van der Waals surface area contributed by atoms with Crippen molar-refractivity contribution >= 4 is 9.39 Å². The Bertz CT molecular complexity index is 52.4. The Morgan fingerprint density at radius 2 is 2.25 bits per heavy atom. The van der Waals surface area contributed by atoms with Gasteiger partial charge < -0.3 is 5.11 Å². The summed E-state index contributed by atoms with van der Waals surface area (Å²) in [5, 5.41) is 11.9. The maximum atomic E-state index is 9.05. The van der Waals surface area contributed by atoms with Crippen molar-refractivity contribution in [1.29, 1.82) is 0 Å². The van der Waals surface area contributed by atoms with Crippen LogP contribution in [-0.2, 0) is 0 Å². The average molecular weight is 135 g/mol. The van der Waals surface area contributed by atoms with Crippen LogP contribution in [0.15, 0.2) is 0 Å². The molecule has 0 aliphatic rings. The molecule has 0 saturated heterocycles. The summed E-state index contributed by atoms with van der Waals surface area (Å²) in [6, 6.07) is 0.185. The highest BCUT2D eigenvalue weighted by Crippen LogP contribution is 1.97. The molecule has 2 N–H and O–H groups in total. The predicted octanol–water partition coefficient (Wildman–Crippen LogP) is 0.525. The quantitative estimate of drug-likeness (QED) is 0.553. The molecule has 0 aromatic rings. The summed E-state index contributed by atoms with van der Waals surface area (Å²) in [6.07, 6.45) is 0.593. The molecule has 0 rings (SSSR count). The molecule has 0 spiro atoms. The Kier molecular flexibility index (Phi) is 4.44. The molecule has 0 aliphatic heterocycles. The van der Waals surface area contributed by atoms with Crippen LogP contribution in [0.25, 0.3) is 0 Å². The van der Waals surface area contributed by atoms with Gasteiger partial charge in [-0.2, -0.15) is 0 Å². The molecule has 50 valence electrons. The summed E-state index contributed by atoms with van der Waals surface area (Å²) in [5.41, 5.74) is 0. The second kappa shape index (κ2) is 4.25. The van der Waals surface area contributed by atoms with Gasteiger partial charge >= 0.3 is 0 Å². The highest BCUT2D eigenvalue weighted by molar-refractivity contribution is 7.13. The molecule has 0 aliphatic carbocycles. The fourth-order valence-electron chi connectivity index (χ4n) is 0.465. The van der Waals surface area contributed by atoms with E-state index in [4.69, 9.17) is 5.11 Å². The van der Waals surface area contributed by atoms with Crippen LogP contribution < -0.4 is 5.09 Å². The van der Waals surface area contributed by atoms with E-state index in [-0.39, 0.29) is 12.1 Å². The second-order valence-corrected chi connectivity index (χ2v) is 2.26. The molecule has 2 nitrogen and oxygen atoms in total. The van der Waals surface area contributed by atoms with Crippen LogP contribution in [0.5, 0.6) is 0 Å². The van der Waals surface area contributed by atoms with Gasteiger partial charge in [0.05, 0.1) is 6.10 Å². The first-order valence-corrected chi connectivity index (χ1v) is 3.44. The summed E-state index contributed by atoms with van der Waals surface area (Å²) in [5.74, 6) is 0. The van der Waals surface area contributed by atoms with Crippen molar-refractivity contribution in [2.24, 2.45) is 0 Å². The lowest BCUT2D eigenvalue weighted by Gasteiger charge is -2.14. The first-order chi connectivity index (χ1) is 3.72. The molecule has 0 amide bonds. The molecular formula is C5H14NOP. The minimum absolute atomic E-state index is 0.185. The van der Waals surface area contributed by atoms with Crippen LogP contribution in [-0.4, -0.2) is 17.3 Å². The number of nitrogens with one attached hydrogen (secondary N) is 1. The predicted molar refractivity (Wildman–Crippen MR) is 38.6 cm³/mol. The fourth-order valence-corrected chi connectivity index (χ4v) is 0.687. The zero-order valence-corrected chi connectivity index (χ0v) is 6.54. The molecule has 3 atom stereocenters. The van der Waals surface area contributed by atoms with Crippen molar-refractivity contribution in [2.45, 2.75) is 32.4 Å². The molecule has 0 aromatic carbocycles. The molecule has 0 bridgehead atoms. The molecular weight excluding hydrogens is 121 g/mol. The van der Waals surface area contributed by atoms with Gasteiger partial charge in [-0.3, -0.25) is 5.09 Å². The van der Waals surface area contributed by atoms with Crippen LogP contribution in [0.4, 0.5) is 0 Å². The summed E-state index contributed by atoms with van der Waals surface area (Å²) >= 11 is 0. The van der Waals surface area contributed by atoms with Crippen molar-refractivity contribution < 1.29 is 5.11 Å². The summed E-state index contributed by atoms with van der Waals surface area (Å²) in [7, 11) is 2.38. The Balaban J connectivity index is 3.29. The molecule has 3 unspecified atom stereocenters. The van der Waals surface area contributed by atoms with Gasteiger partial charge in [0.15, 0.2) is 0 Å². The van der Waals surface area contributed by atoms with E-state index >= 15 is 0 Å². The number of rotatable bonds is 3. The third kappa shape index (κ3) is 2.61. The largest absolute Gasteiger partial charge is 0.392 e. The lowest BCUT2D eigenvalue weighted by molar-refractivity contribution is 0.141. The topological polar surface area (TPSA) is 32.3 Å². The monoisotopic (exact) mass is 135 g/mol. The Labute approximate surface area is 52.9 Å². The zero-order chi connectivity index (χ0) is 6.57. The van der Waals surface area contributed by atoms with E-state index in [2.05, 4.69) is 14.5 Å². The zero-order valence-electron chi connectivity index (χ0n) is 5.39. The molecule has 0 saturated carbocycles.